The third-order valence-electron chi connectivity index (χ3n) is 5.90. The van der Waals surface area contributed by atoms with Crippen LogP contribution in [0.25, 0.3) is 10.2 Å². The van der Waals surface area contributed by atoms with Crippen molar-refractivity contribution in [1.82, 2.24) is 4.98 Å². The molecule has 5 nitrogen and oxygen atoms in total. The van der Waals surface area contributed by atoms with Crippen molar-refractivity contribution in [3.8, 4) is 0 Å². The summed E-state index contributed by atoms with van der Waals surface area (Å²) in [5, 5.41) is 0.978. The maximum atomic E-state index is 13.3. The molecule has 2 N–H and O–H groups in total. The van der Waals surface area contributed by atoms with E-state index in [0.717, 1.165) is 45.8 Å². The molecule has 0 bridgehead atoms. The summed E-state index contributed by atoms with van der Waals surface area (Å²) in [6.07, 6.45) is 0.913. The summed E-state index contributed by atoms with van der Waals surface area (Å²) in [4.78, 5) is 22.1. The van der Waals surface area contributed by atoms with Crippen molar-refractivity contribution in [2.45, 2.75) is 30.8 Å². The molecule has 0 atom stereocenters. The zero-order chi connectivity index (χ0) is 21.8. The van der Waals surface area contributed by atoms with Gasteiger partial charge in [0.15, 0.2) is 0 Å². The Labute approximate surface area is 198 Å². The maximum absolute atomic E-state index is 13.3. The largest absolute Gasteiger partial charge is 0.397 e. The number of fused-ring (bicyclic) bond motifs is 3. The fraction of sp³-hybridized carbons (Fsp3) is 0.391. The van der Waals surface area contributed by atoms with Gasteiger partial charge in [0.2, 0.25) is 5.78 Å². The summed E-state index contributed by atoms with van der Waals surface area (Å²) in [6.45, 7) is 7.66. The zero-order valence-corrected chi connectivity index (χ0v) is 20.8. The summed E-state index contributed by atoms with van der Waals surface area (Å²) in [5.74, 6) is 1.90. The van der Waals surface area contributed by atoms with Crippen LogP contribution < -0.4 is 10.6 Å². The number of hydrogen-bond donors (Lipinski definition) is 1. The van der Waals surface area contributed by atoms with E-state index in [0.29, 0.717) is 29.3 Å². The van der Waals surface area contributed by atoms with E-state index in [1.807, 2.05) is 36.0 Å². The first-order valence-corrected chi connectivity index (χ1v) is 12.9. The minimum atomic E-state index is -0.0425. The van der Waals surface area contributed by atoms with Gasteiger partial charge in [-0.1, -0.05) is 29.8 Å². The molecule has 0 radical (unpaired) electrons. The van der Waals surface area contributed by atoms with Gasteiger partial charge >= 0.3 is 0 Å². The minimum absolute atomic E-state index is 0.0425. The fourth-order valence-corrected chi connectivity index (χ4v) is 6.71. The van der Waals surface area contributed by atoms with Gasteiger partial charge in [0.1, 0.15) is 15.5 Å². The lowest BCUT2D eigenvalue weighted by atomic mass is 9.94. The number of nitrogen functional groups attached to an aromatic ring is 1. The standard InChI is InChI=1S/C23H24BrN3O2S2/c1-23(2)11-15-16(12-30-23)21(27-7-9-29-10-8-27)26-22-17(15)18(25)20(31-22)19(28)13-3-5-14(24)6-4-13/h3-6H,7-12,25H2,1-2H3. The Kier molecular flexibility index (Phi) is 5.53. The molecule has 2 aliphatic heterocycles. The van der Waals surface area contributed by atoms with Crippen LogP contribution in [-0.4, -0.2) is 41.8 Å². The highest BCUT2D eigenvalue weighted by Crippen LogP contribution is 2.47. The first kappa shape index (κ1) is 21.2. The molecule has 0 saturated carbocycles. The maximum Gasteiger partial charge on any atom is 0.205 e. The Balaban J connectivity index is 1.68. The number of aromatic nitrogens is 1. The van der Waals surface area contributed by atoms with E-state index in [1.165, 1.54) is 22.5 Å². The van der Waals surface area contributed by atoms with Gasteiger partial charge in [-0.3, -0.25) is 4.79 Å². The minimum Gasteiger partial charge on any atom is -0.397 e. The van der Waals surface area contributed by atoms with Gasteiger partial charge in [-0.2, -0.15) is 11.8 Å². The van der Waals surface area contributed by atoms with Crippen molar-refractivity contribution >= 4 is 66.5 Å². The Morgan fingerprint density at radius 2 is 1.90 bits per heavy atom. The van der Waals surface area contributed by atoms with Crippen LogP contribution in [0.2, 0.25) is 0 Å². The number of morpholine rings is 1. The van der Waals surface area contributed by atoms with E-state index < -0.39 is 0 Å². The van der Waals surface area contributed by atoms with Crippen molar-refractivity contribution in [1.29, 1.82) is 0 Å². The number of ketones is 1. The van der Waals surface area contributed by atoms with Gasteiger partial charge < -0.3 is 15.4 Å². The van der Waals surface area contributed by atoms with Gasteiger partial charge in [-0.25, -0.2) is 4.98 Å². The van der Waals surface area contributed by atoms with Gasteiger partial charge in [0, 0.05) is 44.6 Å². The van der Waals surface area contributed by atoms with E-state index in [9.17, 15) is 4.79 Å². The number of halogens is 1. The van der Waals surface area contributed by atoms with Crippen LogP contribution >= 0.6 is 39.0 Å². The van der Waals surface area contributed by atoms with Crippen LogP contribution in [0.5, 0.6) is 0 Å². The average Bonchev–Trinajstić information content (AvgIpc) is 3.09. The molecule has 162 valence electrons. The number of thioether (sulfide) groups is 1. The lowest BCUT2D eigenvalue weighted by Gasteiger charge is -2.36. The number of thiophene rings is 1. The van der Waals surface area contributed by atoms with Crippen LogP contribution in [0.15, 0.2) is 28.7 Å². The summed E-state index contributed by atoms with van der Waals surface area (Å²) >= 11 is 6.81. The molecule has 5 rings (SSSR count). The second-order valence-electron chi connectivity index (χ2n) is 8.58. The highest BCUT2D eigenvalue weighted by atomic mass is 79.9. The van der Waals surface area contributed by atoms with Crippen molar-refractivity contribution in [3.63, 3.8) is 0 Å². The highest BCUT2D eigenvalue weighted by molar-refractivity contribution is 9.10. The third-order valence-corrected chi connectivity index (χ3v) is 8.89. The Morgan fingerprint density at radius 3 is 2.61 bits per heavy atom. The molecule has 4 heterocycles. The molecule has 0 spiro atoms. The molecule has 2 aliphatic rings. The number of nitrogens with zero attached hydrogens (tertiary/aromatic N) is 2. The Hall–Kier alpha value is -1.61. The number of pyridine rings is 1. The molecule has 0 aliphatic carbocycles. The topological polar surface area (TPSA) is 68.5 Å². The lowest BCUT2D eigenvalue weighted by molar-refractivity contribution is 0.104. The van der Waals surface area contributed by atoms with E-state index in [2.05, 4.69) is 34.7 Å². The number of hydrogen-bond acceptors (Lipinski definition) is 7. The van der Waals surface area contributed by atoms with E-state index in [4.69, 9.17) is 15.5 Å². The summed E-state index contributed by atoms with van der Waals surface area (Å²) in [5.41, 5.74) is 10.4. The Bertz CT molecular complexity index is 1170. The molecule has 3 aromatic rings. The number of anilines is 2. The van der Waals surface area contributed by atoms with Crippen LogP contribution in [0.4, 0.5) is 11.5 Å². The van der Waals surface area contributed by atoms with Crippen LogP contribution in [0, 0.1) is 0 Å². The van der Waals surface area contributed by atoms with Crippen molar-refractivity contribution in [3.05, 3.63) is 50.3 Å². The lowest BCUT2D eigenvalue weighted by Crippen LogP contribution is -2.38. The van der Waals surface area contributed by atoms with E-state index >= 15 is 0 Å². The zero-order valence-electron chi connectivity index (χ0n) is 17.5. The molecule has 2 aromatic heterocycles. The fourth-order valence-electron chi connectivity index (χ4n) is 4.28. The monoisotopic (exact) mass is 517 g/mol. The summed E-state index contributed by atoms with van der Waals surface area (Å²) in [7, 11) is 0. The SMILES string of the molecule is CC1(C)Cc2c(c(N3CCOCC3)nc3sc(C(=O)c4ccc(Br)cc4)c(N)c23)CS1. The van der Waals surface area contributed by atoms with E-state index in [-0.39, 0.29) is 10.5 Å². The van der Waals surface area contributed by atoms with Gasteiger partial charge in [0.05, 0.1) is 18.9 Å². The number of nitrogens with two attached hydrogens (primary N) is 1. The predicted octanol–water partition coefficient (Wildman–Crippen LogP) is 5.28. The normalized spacial score (nSPS) is 18.2. The summed E-state index contributed by atoms with van der Waals surface area (Å²) in [6, 6.07) is 7.43. The molecule has 0 unspecified atom stereocenters. The summed E-state index contributed by atoms with van der Waals surface area (Å²) < 4.78 is 6.62. The molecule has 1 saturated heterocycles. The van der Waals surface area contributed by atoms with Crippen molar-refractivity contribution < 1.29 is 9.53 Å². The first-order valence-electron chi connectivity index (χ1n) is 10.3. The molecule has 0 amide bonds. The molecule has 8 heteroatoms. The molecular weight excluding hydrogens is 494 g/mol. The number of benzene rings is 1. The number of rotatable bonds is 3. The average molecular weight is 519 g/mol. The van der Waals surface area contributed by atoms with Gasteiger partial charge in [-0.15, -0.1) is 11.3 Å². The van der Waals surface area contributed by atoms with Crippen LogP contribution in [0.3, 0.4) is 0 Å². The van der Waals surface area contributed by atoms with Gasteiger partial charge in [-0.05, 0) is 36.2 Å². The first-order chi connectivity index (χ1) is 14.8. The van der Waals surface area contributed by atoms with Crippen LogP contribution in [0.1, 0.15) is 40.2 Å². The molecule has 1 aromatic carbocycles. The Morgan fingerprint density at radius 1 is 1.19 bits per heavy atom. The highest BCUT2D eigenvalue weighted by Gasteiger charge is 2.33. The number of ether oxygens (including phenoxy) is 1. The van der Waals surface area contributed by atoms with Crippen molar-refractivity contribution in [2.75, 3.05) is 36.9 Å². The molecular formula is C23H24BrN3O2S2. The second-order valence-corrected chi connectivity index (χ2v) is 12.2. The van der Waals surface area contributed by atoms with Crippen LogP contribution in [-0.2, 0) is 16.9 Å². The third kappa shape index (κ3) is 3.88. The number of carbonyl (C=O) groups excluding carboxylic acids is 1. The second kappa shape index (κ2) is 8.06. The van der Waals surface area contributed by atoms with E-state index in [1.54, 1.807) is 0 Å². The smallest absolute Gasteiger partial charge is 0.205 e. The molecule has 1 fully saturated rings. The predicted molar refractivity (Wildman–Crippen MR) is 134 cm³/mol. The molecule has 31 heavy (non-hydrogen) atoms. The van der Waals surface area contributed by atoms with Gasteiger partial charge in [0.25, 0.3) is 0 Å². The quantitative estimate of drug-likeness (QED) is 0.476. The van der Waals surface area contributed by atoms with Crippen molar-refractivity contribution in [2.24, 2.45) is 0 Å². The number of carbonyl (C=O) groups is 1.